The summed E-state index contributed by atoms with van der Waals surface area (Å²) < 4.78 is 0. The van der Waals surface area contributed by atoms with E-state index < -0.39 is 0 Å². The van der Waals surface area contributed by atoms with Gasteiger partial charge in [-0.3, -0.25) is 4.90 Å². The van der Waals surface area contributed by atoms with Crippen LogP contribution in [0.5, 0.6) is 0 Å². The number of hydrogen-bond donors (Lipinski definition) is 1. The van der Waals surface area contributed by atoms with Crippen molar-refractivity contribution in [3.8, 4) is 0 Å². The van der Waals surface area contributed by atoms with Gasteiger partial charge in [-0.2, -0.15) is 12.6 Å². The van der Waals surface area contributed by atoms with Gasteiger partial charge in [0.25, 0.3) is 0 Å². The first-order chi connectivity index (χ1) is 5.02. The van der Waals surface area contributed by atoms with Gasteiger partial charge in [0.05, 0.1) is 0 Å². The van der Waals surface area contributed by atoms with Crippen molar-refractivity contribution in [1.82, 2.24) is 4.90 Å². The number of likely N-dealkylation sites (tertiary alicyclic amines) is 1. The Bertz CT molecular complexity index is 132. The van der Waals surface area contributed by atoms with Crippen LogP contribution in [0.2, 0.25) is 0 Å². The summed E-state index contributed by atoms with van der Waals surface area (Å²) in [6, 6.07) is 0. The molecule has 1 aliphatic heterocycles. The number of nitrogens with zero attached hydrogens (tertiary/aromatic N) is 1. The summed E-state index contributed by atoms with van der Waals surface area (Å²) in [6.07, 6.45) is 2.70. The Morgan fingerprint density at radius 1 is 1.55 bits per heavy atom. The molecule has 0 amide bonds. The zero-order valence-electron chi connectivity index (χ0n) is 7.80. The highest BCUT2D eigenvalue weighted by Crippen LogP contribution is 2.28. The highest BCUT2D eigenvalue weighted by molar-refractivity contribution is 7.80. The zero-order valence-corrected chi connectivity index (χ0v) is 8.69. The van der Waals surface area contributed by atoms with Crippen LogP contribution >= 0.6 is 12.6 Å². The van der Waals surface area contributed by atoms with Crippen LogP contribution in [-0.4, -0.2) is 28.8 Å². The Balaban J connectivity index is 2.45. The van der Waals surface area contributed by atoms with Gasteiger partial charge in [-0.1, -0.05) is 6.92 Å². The largest absolute Gasteiger partial charge is 0.297 e. The van der Waals surface area contributed by atoms with Crippen molar-refractivity contribution < 1.29 is 0 Å². The van der Waals surface area contributed by atoms with E-state index in [2.05, 4.69) is 38.3 Å². The Hall–Kier alpha value is 0.310. The van der Waals surface area contributed by atoms with Crippen LogP contribution in [0, 0.1) is 0 Å². The monoisotopic (exact) mass is 173 g/mol. The quantitative estimate of drug-likeness (QED) is 0.626. The van der Waals surface area contributed by atoms with Crippen molar-refractivity contribution in [1.29, 1.82) is 0 Å². The Kier molecular flexibility index (Phi) is 2.87. The molecule has 1 nitrogen and oxygen atoms in total. The van der Waals surface area contributed by atoms with Gasteiger partial charge in [0, 0.05) is 17.3 Å². The van der Waals surface area contributed by atoms with Crippen molar-refractivity contribution in [2.75, 3.05) is 13.1 Å². The van der Waals surface area contributed by atoms with Crippen molar-refractivity contribution in [2.24, 2.45) is 0 Å². The second kappa shape index (κ2) is 3.36. The smallest absolute Gasteiger partial charge is 0.0154 e. The highest BCUT2D eigenvalue weighted by Gasteiger charge is 2.31. The fraction of sp³-hybridized carbons (Fsp3) is 1.00. The van der Waals surface area contributed by atoms with Crippen LogP contribution < -0.4 is 0 Å². The van der Waals surface area contributed by atoms with Gasteiger partial charge in [0.2, 0.25) is 0 Å². The molecule has 1 fully saturated rings. The van der Waals surface area contributed by atoms with E-state index in [0.29, 0.717) is 10.8 Å². The van der Waals surface area contributed by atoms with E-state index in [1.165, 1.54) is 19.4 Å². The Morgan fingerprint density at radius 2 is 2.18 bits per heavy atom. The molecule has 2 heteroatoms. The SMILES string of the molecule is CC(S)CN1CCCC1(C)C. The molecule has 0 spiro atoms. The minimum atomic E-state index is 0.428. The fourth-order valence-electron chi connectivity index (χ4n) is 1.82. The van der Waals surface area contributed by atoms with Crippen LogP contribution in [0.4, 0.5) is 0 Å². The van der Waals surface area contributed by atoms with Gasteiger partial charge in [-0.25, -0.2) is 0 Å². The summed E-state index contributed by atoms with van der Waals surface area (Å²) in [5.74, 6) is 0. The summed E-state index contributed by atoms with van der Waals surface area (Å²) in [4.78, 5) is 2.55. The zero-order chi connectivity index (χ0) is 8.48. The maximum absolute atomic E-state index is 4.41. The van der Waals surface area contributed by atoms with E-state index in [0.717, 1.165) is 6.54 Å². The van der Waals surface area contributed by atoms with Crippen molar-refractivity contribution in [2.45, 2.75) is 44.4 Å². The maximum Gasteiger partial charge on any atom is 0.0154 e. The molecular weight excluding hydrogens is 154 g/mol. The minimum absolute atomic E-state index is 0.428. The third kappa shape index (κ3) is 2.38. The van der Waals surface area contributed by atoms with E-state index in [1.807, 2.05) is 0 Å². The lowest BCUT2D eigenvalue weighted by molar-refractivity contribution is 0.178. The van der Waals surface area contributed by atoms with Crippen LogP contribution in [0.3, 0.4) is 0 Å². The molecule has 1 saturated heterocycles. The van der Waals surface area contributed by atoms with Crippen molar-refractivity contribution >= 4 is 12.6 Å². The predicted molar refractivity (Wildman–Crippen MR) is 53.3 cm³/mol. The van der Waals surface area contributed by atoms with E-state index in [-0.39, 0.29) is 0 Å². The topological polar surface area (TPSA) is 3.24 Å². The summed E-state index contributed by atoms with van der Waals surface area (Å²) in [6.45, 7) is 9.22. The van der Waals surface area contributed by atoms with Gasteiger partial charge in [0.15, 0.2) is 0 Å². The second-order valence-corrected chi connectivity index (χ2v) is 5.09. The summed E-state index contributed by atoms with van der Waals surface area (Å²) in [5, 5.41) is 0.507. The molecule has 0 saturated carbocycles. The summed E-state index contributed by atoms with van der Waals surface area (Å²) in [5.41, 5.74) is 0.428. The first kappa shape index (κ1) is 9.40. The van der Waals surface area contributed by atoms with Gasteiger partial charge in [-0.05, 0) is 33.2 Å². The average Bonchev–Trinajstić information content (AvgIpc) is 2.10. The summed E-state index contributed by atoms with van der Waals surface area (Å²) in [7, 11) is 0. The van der Waals surface area contributed by atoms with Crippen molar-refractivity contribution in [3.05, 3.63) is 0 Å². The Morgan fingerprint density at radius 3 is 2.55 bits per heavy atom. The molecule has 0 aromatic carbocycles. The molecule has 0 N–H and O–H groups in total. The first-order valence-corrected chi connectivity index (χ1v) is 4.97. The molecule has 1 atom stereocenters. The van der Waals surface area contributed by atoms with Gasteiger partial charge >= 0.3 is 0 Å². The second-order valence-electron chi connectivity index (χ2n) is 4.21. The third-order valence-corrected chi connectivity index (χ3v) is 2.72. The molecule has 1 aliphatic rings. The third-order valence-electron chi connectivity index (χ3n) is 2.56. The molecule has 0 aromatic heterocycles. The standard InChI is InChI=1S/C9H19NS/c1-8(11)7-10-6-4-5-9(10,2)3/h8,11H,4-7H2,1-3H3. The van der Waals surface area contributed by atoms with Crippen molar-refractivity contribution in [3.63, 3.8) is 0 Å². The van der Waals surface area contributed by atoms with Gasteiger partial charge < -0.3 is 0 Å². The Labute approximate surface area is 75.6 Å². The first-order valence-electron chi connectivity index (χ1n) is 4.45. The number of hydrogen-bond acceptors (Lipinski definition) is 2. The number of rotatable bonds is 2. The molecule has 1 heterocycles. The minimum Gasteiger partial charge on any atom is -0.297 e. The lowest BCUT2D eigenvalue weighted by Crippen LogP contribution is -2.41. The van der Waals surface area contributed by atoms with E-state index in [1.54, 1.807) is 0 Å². The van der Waals surface area contributed by atoms with E-state index in [9.17, 15) is 0 Å². The molecule has 1 unspecified atom stereocenters. The predicted octanol–water partition coefficient (Wildman–Crippen LogP) is 2.18. The normalized spacial score (nSPS) is 27.3. The van der Waals surface area contributed by atoms with Crippen LogP contribution in [-0.2, 0) is 0 Å². The van der Waals surface area contributed by atoms with E-state index in [4.69, 9.17) is 0 Å². The van der Waals surface area contributed by atoms with Gasteiger partial charge in [-0.15, -0.1) is 0 Å². The maximum atomic E-state index is 4.41. The molecule has 0 bridgehead atoms. The molecular formula is C9H19NS. The van der Waals surface area contributed by atoms with E-state index >= 15 is 0 Å². The van der Waals surface area contributed by atoms with Crippen LogP contribution in [0.25, 0.3) is 0 Å². The van der Waals surface area contributed by atoms with Crippen LogP contribution in [0.1, 0.15) is 33.6 Å². The molecule has 0 aliphatic carbocycles. The fourth-order valence-corrected chi connectivity index (χ4v) is 2.02. The lowest BCUT2D eigenvalue weighted by atomic mass is 10.0. The van der Waals surface area contributed by atoms with Gasteiger partial charge in [0.1, 0.15) is 0 Å². The molecule has 66 valence electrons. The summed E-state index contributed by atoms with van der Waals surface area (Å²) >= 11 is 4.41. The highest BCUT2D eigenvalue weighted by atomic mass is 32.1. The average molecular weight is 173 g/mol. The molecule has 1 rings (SSSR count). The molecule has 0 aromatic rings. The number of thiol groups is 1. The lowest BCUT2D eigenvalue weighted by Gasteiger charge is -2.32. The van der Waals surface area contributed by atoms with Crippen LogP contribution in [0.15, 0.2) is 0 Å². The molecule has 0 radical (unpaired) electrons. The molecule has 11 heavy (non-hydrogen) atoms.